The minimum Gasteiger partial charge on any atom is -0.469 e. The molecule has 4 atom stereocenters. The predicted octanol–water partition coefficient (Wildman–Crippen LogP) is -1.35. The number of rotatable bonds is 1. The maximum Gasteiger partial charge on any atom is 0.308 e. The monoisotopic (exact) mass is 190 g/mol. The van der Waals surface area contributed by atoms with E-state index >= 15 is 0 Å². The zero-order valence-corrected chi connectivity index (χ0v) is 7.38. The van der Waals surface area contributed by atoms with E-state index < -0.39 is 30.2 Å². The van der Waals surface area contributed by atoms with Crippen molar-refractivity contribution in [2.45, 2.75) is 31.2 Å². The molecule has 0 radical (unpaired) electrons. The van der Waals surface area contributed by atoms with E-state index in [0.717, 1.165) is 0 Å². The van der Waals surface area contributed by atoms with Gasteiger partial charge in [0.15, 0.2) is 0 Å². The van der Waals surface area contributed by atoms with Crippen LogP contribution in [0.15, 0.2) is 0 Å². The number of hydrogen-bond acceptors (Lipinski definition) is 5. The van der Waals surface area contributed by atoms with E-state index in [1.807, 2.05) is 0 Å². The summed E-state index contributed by atoms with van der Waals surface area (Å²) in [6, 6.07) is 0. The molecule has 1 aliphatic carbocycles. The molecule has 13 heavy (non-hydrogen) atoms. The van der Waals surface area contributed by atoms with Gasteiger partial charge in [-0.2, -0.15) is 0 Å². The SMILES string of the molecule is COC(=O)C1C[C@@H](O)C(O)[C@@H](O)C1. The summed E-state index contributed by atoms with van der Waals surface area (Å²) in [6.07, 6.45) is -2.96. The molecule has 0 amide bonds. The van der Waals surface area contributed by atoms with Crippen molar-refractivity contribution in [1.82, 2.24) is 0 Å². The maximum absolute atomic E-state index is 11.0. The Hall–Kier alpha value is -0.650. The Morgan fingerprint density at radius 1 is 1.23 bits per heavy atom. The number of ether oxygens (including phenoxy) is 1. The lowest BCUT2D eigenvalue weighted by molar-refractivity contribution is -0.156. The fraction of sp³-hybridized carbons (Fsp3) is 0.875. The third kappa shape index (κ3) is 2.18. The van der Waals surface area contributed by atoms with Crippen molar-refractivity contribution in [3.05, 3.63) is 0 Å². The lowest BCUT2D eigenvalue weighted by Crippen LogP contribution is -2.46. The number of methoxy groups -OCH3 is 1. The summed E-state index contributed by atoms with van der Waals surface area (Å²) in [6.45, 7) is 0. The Labute approximate surface area is 75.9 Å². The molecule has 1 aliphatic rings. The smallest absolute Gasteiger partial charge is 0.308 e. The third-order valence-electron chi connectivity index (χ3n) is 2.37. The highest BCUT2D eigenvalue weighted by molar-refractivity contribution is 5.72. The molecule has 0 aliphatic heterocycles. The van der Waals surface area contributed by atoms with Gasteiger partial charge in [0.1, 0.15) is 6.10 Å². The second-order valence-corrected chi connectivity index (χ2v) is 3.32. The summed E-state index contributed by atoms with van der Waals surface area (Å²) in [7, 11) is 1.26. The molecule has 0 saturated heterocycles. The average Bonchev–Trinajstić information content (AvgIpc) is 2.12. The predicted molar refractivity (Wildman–Crippen MR) is 42.8 cm³/mol. The van der Waals surface area contributed by atoms with Crippen LogP contribution in [0.2, 0.25) is 0 Å². The van der Waals surface area contributed by atoms with Crippen molar-refractivity contribution in [3.8, 4) is 0 Å². The number of carbonyl (C=O) groups excluding carboxylic acids is 1. The van der Waals surface area contributed by atoms with Crippen LogP contribution in [-0.2, 0) is 9.53 Å². The van der Waals surface area contributed by atoms with Gasteiger partial charge in [-0.25, -0.2) is 0 Å². The van der Waals surface area contributed by atoms with E-state index in [1.54, 1.807) is 0 Å². The van der Waals surface area contributed by atoms with E-state index in [2.05, 4.69) is 4.74 Å². The first-order valence-corrected chi connectivity index (χ1v) is 4.18. The molecule has 76 valence electrons. The van der Waals surface area contributed by atoms with Gasteiger partial charge in [-0.1, -0.05) is 0 Å². The minimum atomic E-state index is -1.15. The van der Waals surface area contributed by atoms with Crippen molar-refractivity contribution in [3.63, 3.8) is 0 Å². The highest BCUT2D eigenvalue weighted by atomic mass is 16.5. The van der Waals surface area contributed by atoms with E-state index in [0.29, 0.717) is 0 Å². The molecule has 2 unspecified atom stereocenters. The zero-order chi connectivity index (χ0) is 10.0. The van der Waals surface area contributed by atoms with Gasteiger partial charge in [0, 0.05) is 0 Å². The summed E-state index contributed by atoms with van der Waals surface area (Å²) in [5.41, 5.74) is 0. The zero-order valence-electron chi connectivity index (χ0n) is 7.38. The van der Waals surface area contributed by atoms with Crippen LogP contribution < -0.4 is 0 Å². The van der Waals surface area contributed by atoms with Crippen LogP contribution in [0.4, 0.5) is 0 Å². The van der Waals surface area contributed by atoms with Crippen molar-refractivity contribution < 1.29 is 24.9 Å². The van der Waals surface area contributed by atoms with Crippen LogP contribution in [0.1, 0.15) is 12.8 Å². The van der Waals surface area contributed by atoms with Gasteiger partial charge >= 0.3 is 5.97 Å². The summed E-state index contributed by atoms with van der Waals surface area (Å²) in [5, 5.41) is 27.7. The Bertz CT molecular complexity index is 181. The molecular weight excluding hydrogens is 176 g/mol. The normalized spacial score (nSPS) is 40.0. The molecule has 0 aromatic carbocycles. The summed E-state index contributed by atoms with van der Waals surface area (Å²) < 4.78 is 4.48. The highest BCUT2D eigenvalue weighted by Gasteiger charge is 2.38. The van der Waals surface area contributed by atoms with Crippen LogP contribution in [-0.4, -0.2) is 46.7 Å². The first-order valence-electron chi connectivity index (χ1n) is 4.18. The fourth-order valence-corrected chi connectivity index (χ4v) is 1.57. The van der Waals surface area contributed by atoms with E-state index in [9.17, 15) is 15.0 Å². The second kappa shape index (κ2) is 4.04. The highest BCUT2D eigenvalue weighted by Crippen LogP contribution is 2.25. The van der Waals surface area contributed by atoms with Gasteiger partial charge in [0.2, 0.25) is 0 Å². The summed E-state index contributed by atoms with van der Waals surface area (Å²) >= 11 is 0. The first kappa shape index (κ1) is 10.4. The molecule has 0 aromatic heterocycles. The molecular formula is C8H14O5. The van der Waals surface area contributed by atoms with E-state index in [1.165, 1.54) is 7.11 Å². The molecule has 0 aromatic rings. The molecule has 0 bridgehead atoms. The molecule has 5 heteroatoms. The molecule has 0 heterocycles. The van der Waals surface area contributed by atoms with Crippen LogP contribution in [0.3, 0.4) is 0 Å². The number of carbonyl (C=O) groups is 1. The fourth-order valence-electron chi connectivity index (χ4n) is 1.57. The Morgan fingerprint density at radius 3 is 2.08 bits per heavy atom. The number of aliphatic hydroxyl groups excluding tert-OH is 3. The molecule has 1 rings (SSSR count). The lowest BCUT2D eigenvalue weighted by atomic mass is 9.83. The second-order valence-electron chi connectivity index (χ2n) is 3.32. The van der Waals surface area contributed by atoms with E-state index in [4.69, 9.17) is 5.11 Å². The maximum atomic E-state index is 11.0. The summed E-state index contributed by atoms with van der Waals surface area (Å²) in [5.74, 6) is -0.969. The summed E-state index contributed by atoms with van der Waals surface area (Å²) in [4.78, 5) is 11.0. The largest absolute Gasteiger partial charge is 0.469 e. The minimum absolute atomic E-state index is 0.144. The number of esters is 1. The van der Waals surface area contributed by atoms with Crippen LogP contribution in [0.25, 0.3) is 0 Å². The standard InChI is InChI=1S/C8H14O5/c1-13-8(12)4-2-5(9)7(11)6(10)3-4/h4-7,9-11H,2-3H2,1H3/t4?,5-,6+,7?. The van der Waals surface area contributed by atoms with Gasteiger partial charge in [0.05, 0.1) is 25.2 Å². The van der Waals surface area contributed by atoms with Crippen molar-refractivity contribution in [2.24, 2.45) is 5.92 Å². The van der Waals surface area contributed by atoms with Crippen LogP contribution in [0.5, 0.6) is 0 Å². The average molecular weight is 190 g/mol. The molecule has 5 nitrogen and oxygen atoms in total. The Morgan fingerprint density at radius 2 is 1.69 bits per heavy atom. The van der Waals surface area contributed by atoms with Crippen LogP contribution in [0, 0.1) is 5.92 Å². The van der Waals surface area contributed by atoms with Crippen molar-refractivity contribution >= 4 is 5.97 Å². The van der Waals surface area contributed by atoms with Gasteiger partial charge < -0.3 is 20.1 Å². The van der Waals surface area contributed by atoms with Crippen molar-refractivity contribution in [2.75, 3.05) is 7.11 Å². The lowest BCUT2D eigenvalue weighted by Gasteiger charge is -2.32. The number of aliphatic hydroxyl groups is 3. The molecule has 3 N–H and O–H groups in total. The van der Waals surface area contributed by atoms with Crippen molar-refractivity contribution in [1.29, 1.82) is 0 Å². The van der Waals surface area contributed by atoms with Crippen LogP contribution >= 0.6 is 0 Å². The van der Waals surface area contributed by atoms with Gasteiger partial charge in [0.25, 0.3) is 0 Å². The Balaban J connectivity index is 2.58. The quantitative estimate of drug-likeness (QED) is 0.445. The van der Waals surface area contributed by atoms with Gasteiger partial charge in [-0.15, -0.1) is 0 Å². The van der Waals surface area contributed by atoms with E-state index in [-0.39, 0.29) is 12.8 Å². The first-order chi connectivity index (χ1) is 6.06. The number of hydrogen-bond donors (Lipinski definition) is 3. The molecule has 1 fully saturated rings. The molecule has 0 spiro atoms. The molecule has 1 saturated carbocycles. The Kier molecular flexibility index (Phi) is 3.24. The van der Waals surface area contributed by atoms with Gasteiger partial charge in [-0.05, 0) is 12.8 Å². The topological polar surface area (TPSA) is 87.0 Å². The van der Waals surface area contributed by atoms with Gasteiger partial charge in [-0.3, -0.25) is 4.79 Å². The third-order valence-corrected chi connectivity index (χ3v) is 2.37.